The highest BCUT2D eigenvalue weighted by Crippen LogP contribution is 2.47. The van der Waals surface area contributed by atoms with Crippen molar-refractivity contribution in [3.8, 4) is 5.88 Å². The summed E-state index contributed by atoms with van der Waals surface area (Å²) in [6.07, 6.45) is 7.12. The number of nitrogens with zero attached hydrogens (tertiary/aromatic N) is 3. The van der Waals surface area contributed by atoms with Gasteiger partial charge in [0.05, 0.1) is 7.11 Å². The molecule has 1 aliphatic carbocycles. The maximum absolute atomic E-state index is 12.3. The summed E-state index contributed by atoms with van der Waals surface area (Å²) in [7, 11) is 1.59. The molecule has 1 aromatic rings. The average molecular weight is 333 g/mol. The van der Waals surface area contributed by atoms with Gasteiger partial charge in [0, 0.05) is 37.9 Å². The molecular weight excluding hydrogens is 306 g/mol. The second-order valence-corrected chi connectivity index (χ2v) is 6.84. The third kappa shape index (κ3) is 4.07. The van der Waals surface area contributed by atoms with Crippen LogP contribution in [0.4, 0.5) is 10.7 Å². The van der Waals surface area contributed by atoms with E-state index < -0.39 is 0 Å². The molecule has 0 unspecified atom stereocenters. The Morgan fingerprint density at radius 1 is 1.42 bits per heavy atom. The number of amides is 2. The third-order valence-corrected chi connectivity index (χ3v) is 5.28. The summed E-state index contributed by atoms with van der Waals surface area (Å²) in [5, 5.41) is 6.44. The van der Waals surface area contributed by atoms with Gasteiger partial charge >= 0.3 is 6.03 Å². The van der Waals surface area contributed by atoms with Gasteiger partial charge < -0.3 is 20.3 Å². The molecule has 1 aromatic heterocycles. The zero-order valence-corrected chi connectivity index (χ0v) is 14.5. The van der Waals surface area contributed by atoms with Crippen molar-refractivity contribution in [3.63, 3.8) is 0 Å². The molecule has 2 heterocycles. The van der Waals surface area contributed by atoms with Crippen LogP contribution in [-0.2, 0) is 0 Å². The molecule has 1 aliphatic heterocycles. The van der Waals surface area contributed by atoms with E-state index in [9.17, 15) is 4.79 Å². The molecule has 0 aromatic carbocycles. The van der Waals surface area contributed by atoms with E-state index in [2.05, 4.69) is 27.5 Å². The van der Waals surface area contributed by atoms with Crippen LogP contribution >= 0.6 is 0 Å². The monoisotopic (exact) mass is 333 g/mol. The van der Waals surface area contributed by atoms with E-state index in [1.165, 1.54) is 12.8 Å². The summed E-state index contributed by atoms with van der Waals surface area (Å²) in [6.45, 7) is 4.54. The first-order valence-corrected chi connectivity index (χ1v) is 8.80. The summed E-state index contributed by atoms with van der Waals surface area (Å²) in [6, 6.07) is 2.08. The summed E-state index contributed by atoms with van der Waals surface area (Å²) >= 11 is 0. The van der Waals surface area contributed by atoms with Crippen LogP contribution < -0.4 is 15.4 Å². The van der Waals surface area contributed by atoms with Crippen molar-refractivity contribution in [1.29, 1.82) is 0 Å². The van der Waals surface area contributed by atoms with Gasteiger partial charge in [0.25, 0.3) is 0 Å². The molecule has 0 spiro atoms. The number of hydrogen-bond donors (Lipinski definition) is 2. The van der Waals surface area contributed by atoms with Crippen molar-refractivity contribution in [2.45, 2.75) is 45.1 Å². The number of nitrogens with one attached hydrogen (secondary N) is 2. The minimum atomic E-state index is 0.0748. The second kappa shape index (κ2) is 7.23. The molecule has 0 atom stereocenters. The largest absolute Gasteiger partial charge is 0.481 e. The standard InChI is InChI=1S/C17H27N5O2/c1-3-17(7-8-17)12-19-16(23)22-10-5-13(6-11-22)20-15-18-9-4-14(21-15)24-2/h4,9,13H,3,5-8,10-12H2,1-2H3,(H,19,23)(H,18,20,21). The van der Waals surface area contributed by atoms with Gasteiger partial charge in [0.1, 0.15) is 0 Å². The highest BCUT2D eigenvalue weighted by molar-refractivity contribution is 5.74. The molecule has 7 nitrogen and oxygen atoms in total. The number of rotatable bonds is 6. The van der Waals surface area contributed by atoms with Gasteiger partial charge in [-0.25, -0.2) is 9.78 Å². The Hall–Kier alpha value is -2.05. The van der Waals surface area contributed by atoms with E-state index in [-0.39, 0.29) is 12.1 Å². The van der Waals surface area contributed by atoms with Gasteiger partial charge in [-0.3, -0.25) is 0 Å². The Morgan fingerprint density at radius 2 is 2.17 bits per heavy atom. The quantitative estimate of drug-likeness (QED) is 0.835. The topological polar surface area (TPSA) is 79.4 Å². The van der Waals surface area contributed by atoms with E-state index in [1.807, 2.05) is 4.90 Å². The molecule has 1 saturated heterocycles. The zero-order valence-electron chi connectivity index (χ0n) is 14.5. The fraction of sp³-hybridized carbons (Fsp3) is 0.706. The summed E-state index contributed by atoms with van der Waals surface area (Å²) in [4.78, 5) is 22.7. The van der Waals surface area contributed by atoms with Crippen molar-refractivity contribution in [2.24, 2.45) is 5.41 Å². The van der Waals surface area contributed by atoms with Gasteiger partial charge in [0.15, 0.2) is 0 Å². The maximum Gasteiger partial charge on any atom is 0.317 e. The first kappa shape index (κ1) is 16.8. The number of likely N-dealkylation sites (tertiary alicyclic amines) is 1. The zero-order chi connectivity index (χ0) is 17.0. The number of anilines is 1. The van der Waals surface area contributed by atoms with E-state index in [4.69, 9.17) is 4.74 Å². The summed E-state index contributed by atoms with van der Waals surface area (Å²) in [5.74, 6) is 1.13. The number of methoxy groups -OCH3 is 1. The number of carbonyl (C=O) groups is 1. The molecular formula is C17H27N5O2. The molecule has 3 rings (SSSR count). The van der Waals surface area contributed by atoms with E-state index >= 15 is 0 Å². The Labute approximate surface area is 143 Å². The number of aromatic nitrogens is 2. The molecule has 0 radical (unpaired) electrons. The first-order valence-electron chi connectivity index (χ1n) is 8.80. The van der Waals surface area contributed by atoms with Crippen LogP contribution in [-0.4, -0.2) is 53.7 Å². The third-order valence-electron chi connectivity index (χ3n) is 5.28. The van der Waals surface area contributed by atoms with Gasteiger partial charge in [-0.2, -0.15) is 4.98 Å². The fourth-order valence-corrected chi connectivity index (χ4v) is 3.14. The molecule has 1 saturated carbocycles. The minimum absolute atomic E-state index is 0.0748. The molecule has 2 N–H and O–H groups in total. The normalized spacial score (nSPS) is 19.7. The molecule has 2 fully saturated rings. The van der Waals surface area contributed by atoms with E-state index in [0.29, 0.717) is 17.2 Å². The van der Waals surface area contributed by atoms with Crippen molar-refractivity contribution in [2.75, 3.05) is 32.1 Å². The summed E-state index contributed by atoms with van der Waals surface area (Å²) in [5.41, 5.74) is 0.388. The highest BCUT2D eigenvalue weighted by atomic mass is 16.5. The molecule has 2 amide bonds. The highest BCUT2D eigenvalue weighted by Gasteiger charge is 2.41. The van der Waals surface area contributed by atoms with Gasteiger partial charge in [0.2, 0.25) is 11.8 Å². The van der Waals surface area contributed by atoms with Crippen LogP contribution in [0.3, 0.4) is 0 Å². The fourth-order valence-electron chi connectivity index (χ4n) is 3.14. The van der Waals surface area contributed by atoms with Gasteiger partial charge in [-0.05, 0) is 37.5 Å². The Bertz CT molecular complexity index is 568. The number of urea groups is 1. The van der Waals surface area contributed by atoms with Gasteiger partial charge in [-0.1, -0.05) is 6.92 Å². The lowest BCUT2D eigenvalue weighted by Gasteiger charge is -2.32. The number of piperidine rings is 1. The lowest BCUT2D eigenvalue weighted by atomic mass is 10.0. The lowest BCUT2D eigenvalue weighted by Crippen LogP contribution is -2.48. The van der Waals surface area contributed by atoms with E-state index in [1.54, 1.807) is 19.4 Å². The number of ether oxygens (including phenoxy) is 1. The van der Waals surface area contributed by atoms with E-state index in [0.717, 1.165) is 38.9 Å². The Balaban J connectivity index is 1.42. The molecule has 7 heteroatoms. The van der Waals surface area contributed by atoms with Crippen LogP contribution in [0.2, 0.25) is 0 Å². The van der Waals surface area contributed by atoms with Crippen molar-refractivity contribution in [3.05, 3.63) is 12.3 Å². The average Bonchev–Trinajstić information content (AvgIpc) is 3.41. The number of hydrogen-bond acceptors (Lipinski definition) is 5. The van der Waals surface area contributed by atoms with Crippen LogP contribution in [0.25, 0.3) is 0 Å². The van der Waals surface area contributed by atoms with Crippen LogP contribution in [0, 0.1) is 5.41 Å². The van der Waals surface area contributed by atoms with Crippen LogP contribution in [0.5, 0.6) is 5.88 Å². The summed E-state index contributed by atoms with van der Waals surface area (Å²) < 4.78 is 5.11. The molecule has 24 heavy (non-hydrogen) atoms. The molecule has 132 valence electrons. The van der Waals surface area contributed by atoms with Crippen molar-refractivity contribution in [1.82, 2.24) is 20.2 Å². The maximum atomic E-state index is 12.3. The molecule has 2 aliphatic rings. The lowest BCUT2D eigenvalue weighted by molar-refractivity contribution is 0.181. The number of carbonyl (C=O) groups excluding carboxylic acids is 1. The van der Waals surface area contributed by atoms with Crippen molar-refractivity contribution < 1.29 is 9.53 Å². The Morgan fingerprint density at radius 3 is 2.79 bits per heavy atom. The van der Waals surface area contributed by atoms with Crippen LogP contribution in [0.1, 0.15) is 39.0 Å². The molecule has 0 bridgehead atoms. The second-order valence-electron chi connectivity index (χ2n) is 6.84. The van der Waals surface area contributed by atoms with Crippen molar-refractivity contribution >= 4 is 12.0 Å². The Kier molecular flexibility index (Phi) is 5.06. The first-order chi connectivity index (χ1) is 11.6. The minimum Gasteiger partial charge on any atom is -0.481 e. The predicted molar refractivity (Wildman–Crippen MR) is 92.2 cm³/mol. The SMILES string of the molecule is CCC1(CNC(=O)N2CCC(Nc3nccc(OC)n3)CC2)CC1. The van der Waals surface area contributed by atoms with Crippen LogP contribution in [0.15, 0.2) is 12.3 Å². The smallest absolute Gasteiger partial charge is 0.317 e. The predicted octanol–water partition coefficient (Wildman–Crippen LogP) is 2.26. The van der Waals surface area contributed by atoms with Gasteiger partial charge in [-0.15, -0.1) is 0 Å².